The summed E-state index contributed by atoms with van der Waals surface area (Å²) in [4.78, 5) is 2.29. The zero-order valence-electron chi connectivity index (χ0n) is 8.99. The quantitative estimate of drug-likeness (QED) is 0.703. The van der Waals surface area contributed by atoms with Gasteiger partial charge in [0.1, 0.15) is 0 Å². The summed E-state index contributed by atoms with van der Waals surface area (Å²) in [5.41, 5.74) is 2.38. The van der Waals surface area contributed by atoms with Gasteiger partial charge in [0.25, 0.3) is 0 Å². The van der Waals surface area contributed by atoms with E-state index in [0.29, 0.717) is 6.42 Å². The van der Waals surface area contributed by atoms with Crippen molar-refractivity contribution in [2.75, 3.05) is 24.6 Å². The first-order valence-corrected chi connectivity index (χ1v) is 5.23. The van der Waals surface area contributed by atoms with Crippen molar-refractivity contribution in [3.8, 4) is 0 Å². The molecule has 1 aromatic carbocycles. The molecule has 0 amide bonds. The Hall–Kier alpha value is -1.02. The SMILES string of the molecule is CCN(CC)c1ccc(CC[O])cc1. The van der Waals surface area contributed by atoms with Crippen molar-refractivity contribution in [1.82, 2.24) is 0 Å². The standard InChI is InChI=1S/C12H18NO/c1-3-13(4-2)12-7-5-11(6-8-12)9-10-14/h5-8H,3-4,9-10H2,1-2H3. The van der Waals surface area contributed by atoms with E-state index in [-0.39, 0.29) is 6.61 Å². The lowest BCUT2D eigenvalue weighted by atomic mass is 10.1. The normalized spacial score (nSPS) is 10.2. The maximum Gasteiger partial charge on any atom is 0.0862 e. The molecule has 0 aliphatic heterocycles. The minimum Gasteiger partial charge on any atom is -0.372 e. The first-order chi connectivity index (χ1) is 6.81. The first-order valence-electron chi connectivity index (χ1n) is 5.23. The summed E-state index contributed by atoms with van der Waals surface area (Å²) >= 11 is 0. The maximum atomic E-state index is 10.4. The summed E-state index contributed by atoms with van der Waals surface area (Å²) in [5, 5.41) is 10.4. The van der Waals surface area contributed by atoms with E-state index in [1.807, 2.05) is 12.1 Å². The second kappa shape index (κ2) is 5.66. The minimum atomic E-state index is -0.0232. The molecule has 1 aromatic rings. The minimum absolute atomic E-state index is 0.0232. The van der Waals surface area contributed by atoms with Gasteiger partial charge in [-0.3, -0.25) is 0 Å². The van der Waals surface area contributed by atoms with Gasteiger partial charge in [-0.25, -0.2) is 5.11 Å². The van der Waals surface area contributed by atoms with E-state index < -0.39 is 0 Å². The summed E-state index contributed by atoms with van der Waals surface area (Å²) in [6.45, 7) is 6.32. The van der Waals surface area contributed by atoms with Crippen LogP contribution >= 0.6 is 0 Å². The van der Waals surface area contributed by atoms with Gasteiger partial charge in [-0.2, -0.15) is 0 Å². The summed E-state index contributed by atoms with van der Waals surface area (Å²) in [7, 11) is 0. The largest absolute Gasteiger partial charge is 0.372 e. The molecule has 2 heteroatoms. The monoisotopic (exact) mass is 192 g/mol. The van der Waals surface area contributed by atoms with E-state index in [2.05, 4.69) is 30.9 Å². The zero-order chi connectivity index (χ0) is 10.4. The molecule has 2 nitrogen and oxygen atoms in total. The van der Waals surface area contributed by atoms with Crippen LogP contribution in [0.4, 0.5) is 5.69 Å². The van der Waals surface area contributed by atoms with Crippen LogP contribution < -0.4 is 4.90 Å². The Morgan fingerprint density at radius 1 is 1.07 bits per heavy atom. The van der Waals surface area contributed by atoms with Crippen LogP contribution in [-0.2, 0) is 11.5 Å². The van der Waals surface area contributed by atoms with E-state index >= 15 is 0 Å². The van der Waals surface area contributed by atoms with Crippen LogP contribution in [0, 0.1) is 0 Å². The molecule has 0 spiro atoms. The maximum absolute atomic E-state index is 10.4. The molecule has 0 saturated heterocycles. The van der Waals surface area contributed by atoms with Crippen LogP contribution in [-0.4, -0.2) is 19.7 Å². The van der Waals surface area contributed by atoms with Crippen molar-refractivity contribution >= 4 is 5.69 Å². The van der Waals surface area contributed by atoms with E-state index in [9.17, 15) is 5.11 Å². The molecule has 0 heterocycles. The highest BCUT2D eigenvalue weighted by Gasteiger charge is 2.00. The lowest BCUT2D eigenvalue weighted by Gasteiger charge is -2.21. The molecule has 0 bridgehead atoms. The average Bonchev–Trinajstić information content (AvgIpc) is 2.23. The van der Waals surface area contributed by atoms with Gasteiger partial charge in [-0.15, -0.1) is 0 Å². The van der Waals surface area contributed by atoms with E-state index in [1.165, 1.54) is 5.69 Å². The summed E-state index contributed by atoms with van der Waals surface area (Å²) in [6.07, 6.45) is 0.637. The third-order valence-corrected chi connectivity index (χ3v) is 2.46. The Bertz CT molecular complexity index is 252. The first kappa shape index (κ1) is 11.1. The van der Waals surface area contributed by atoms with Gasteiger partial charge in [0, 0.05) is 18.8 Å². The third-order valence-electron chi connectivity index (χ3n) is 2.46. The lowest BCUT2D eigenvalue weighted by molar-refractivity contribution is 0.197. The molecule has 77 valence electrons. The van der Waals surface area contributed by atoms with Gasteiger partial charge in [0.2, 0.25) is 0 Å². The number of hydrogen-bond donors (Lipinski definition) is 0. The molecule has 0 saturated carbocycles. The smallest absolute Gasteiger partial charge is 0.0862 e. The molecule has 0 aliphatic rings. The van der Waals surface area contributed by atoms with Crippen molar-refractivity contribution in [1.29, 1.82) is 0 Å². The number of rotatable bonds is 5. The molecule has 0 aliphatic carbocycles. The molecule has 14 heavy (non-hydrogen) atoms. The van der Waals surface area contributed by atoms with Crippen molar-refractivity contribution in [2.24, 2.45) is 0 Å². The fourth-order valence-electron chi connectivity index (χ4n) is 1.58. The number of nitrogens with zero attached hydrogens (tertiary/aromatic N) is 1. The van der Waals surface area contributed by atoms with Gasteiger partial charge in [-0.1, -0.05) is 12.1 Å². The highest BCUT2D eigenvalue weighted by Crippen LogP contribution is 2.14. The molecule has 0 unspecified atom stereocenters. The molecule has 0 N–H and O–H groups in total. The predicted octanol–water partition coefficient (Wildman–Crippen LogP) is 2.51. The van der Waals surface area contributed by atoms with Gasteiger partial charge < -0.3 is 4.90 Å². The Labute approximate surface area is 86.2 Å². The van der Waals surface area contributed by atoms with Crippen molar-refractivity contribution in [3.05, 3.63) is 29.8 Å². The Morgan fingerprint density at radius 2 is 1.64 bits per heavy atom. The fraction of sp³-hybridized carbons (Fsp3) is 0.500. The van der Waals surface area contributed by atoms with Gasteiger partial charge in [0.15, 0.2) is 0 Å². The number of hydrogen-bond acceptors (Lipinski definition) is 1. The average molecular weight is 192 g/mol. The predicted molar refractivity (Wildman–Crippen MR) is 59.3 cm³/mol. The second-order valence-corrected chi connectivity index (χ2v) is 3.29. The number of anilines is 1. The third kappa shape index (κ3) is 2.74. The Morgan fingerprint density at radius 3 is 2.07 bits per heavy atom. The van der Waals surface area contributed by atoms with Crippen LogP contribution in [0.3, 0.4) is 0 Å². The van der Waals surface area contributed by atoms with Crippen LogP contribution in [0.1, 0.15) is 19.4 Å². The van der Waals surface area contributed by atoms with Crippen molar-refractivity contribution in [3.63, 3.8) is 0 Å². The molecule has 1 rings (SSSR count). The highest BCUT2D eigenvalue weighted by atomic mass is 16.2. The van der Waals surface area contributed by atoms with Crippen LogP contribution in [0.15, 0.2) is 24.3 Å². The van der Waals surface area contributed by atoms with E-state index in [4.69, 9.17) is 0 Å². The summed E-state index contributed by atoms with van der Waals surface area (Å²) in [5.74, 6) is 0. The van der Waals surface area contributed by atoms with Crippen molar-refractivity contribution < 1.29 is 5.11 Å². The zero-order valence-corrected chi connectivity index (χ0v) is 8.99. The van der Waals surface area contributed by atoms with E-state index in [0.717, 1.165) is 18.7 Å². The van der Waals surface area contributed by atoms with Crippen LogP contribution in [0.2, 0.25) is 0 Å². The molecular formula is C12H18NO. The van der Waals surface area contributed by atoms with Crippen LogP contribution in [0.5, 0.6) is 0 Å². The van der Waals surface area contributed by atoms with Gasteiger partial charge in [-0.05, 0) is 38.0 Å². The van der Waals surface area contributed by atoms with Crippen LogP contribution in [0.25, 0.3) is 0 Å². The topological polar surface area (TPSA) is 23.1 Å². The van der Waals surface area contributed by atoms with Gasteiger partial charge >= 0.3 is 0 Å². The molecule has 0 aromatic heterocycles. The highest BCUT2D eigenvalue weighted by molar-refractivity contribution is 5.47. The molecule has 0 fully saturated rings. The van der Waals surface area contributed by atoms with Gasteiger partial charge in [0.05, 0.1) is 6.61 Å². The van der Waals surface area contributed by atoms with Crippen molar-refractivity contribution in [2.45, 2.75) is 20.3 Å². The molecule has 1 radical (unpaired) electrons. The summed E-state index contributed by atoms with van der Waals surface area (Å²) < 4.78 is 0. The summed E-state index contributed by atoms with van der Waals surface area (Å²) in [6, 6.07) is 8.28. The fourth-order valence-corrected chi connectivity index (χ4v) is 1.58. The van der Waals surface area contributed by atoms with E-state index in [1.54, 1.807) is 0 Å². The number of benzene rings is 1. The molecule has 0 atom stereocenters. The second-order valence-electron chi connectivity index (χ2n) is 3.29. The molecular weight excluding hydrogens is 174 g/mol. The lowest BCUT2D eigenvalue weighted by Crippen LogP contribution is -2.21. The Kier molecular flexibility index (Phi) is 4.47. The Balaban J connectivity index is 2.71.